The molecule has 0 bridgehead atoms. The molecule has 4 N–H and O–H groups in total. The van der Waals surface area contributed by atoms with Crippen LogP contribution in [0.5, 0.6) is 11.6 Å². The number of carbonyl (C=O) groups is 1. The van der Waals surface area contributed by atoms with E-state index in [0.717, 1.165) is 8.14 Å². The molecule has 1 amide bonds. The van der Waals surface area contributed by atoms with Crippen LogP contribution in [0.3, 0.4) is 0 Å². The van der Waals surface area contributed by atoms with Gasteiger partial charge in [0.25, 0.3) is 0 Å². The first-order chi connectivity index (χ1) is 15.2. The summed E-state index contributed by atoms with van der Waals surface area (Å²) in [6.45, 7) is 3.62. The van der Waals surface area contributed by atoms with Gasteiger partial charge in [0.15, 0.2) is 0 Å². The highest BCUT2D eigenvalue weighted by Crippen LogP contribution is 2.32. The van der Waals surface area contributed by atoms with E-state index in [2.05, 4.69) is 32.9 Å². The molecular weight excluding hydrogens is 549 g/mol. The zero-order valence-corrected chi connectivity index (χ0v) is 20.3. The van der Waals surface area contributed by atoms with Crippen molar-refractivity contribution in [3.8, 4) is 22.9 Å². The molecule has 0 aliphatic carbocycles. The minimum absolute atomic E-state index is 0.106. The SMILES string of the molecule is CC(C)[C@@H](C(=O)Nc1ccc(I)cc1Cl)n1c(O)c(-c2ccc(OCCO)cc2)[nH]c1=O. The zero-order chi connectivity index (χ0) is 23.4. The third kappa shape index (κ3) is 5.28. The molecular formula is C22H23ClIN3O5. The van der Waals surface area contributed by atoms with E-state index in [1.807, 2.05) is 0 Å². The van der Waals surface area contributed by atoms with Crippen LogP contribution in [-0.4, -0.2) is 38.9 Å². The number of aliphatic hydroxyl groups excluding tert-OH is 1. The van der Waals surface area contributed by atoms with Crippen LogP contribution < -0.4 is 15.7 Å². The van der Waals surface area contributed by atoms with Crippen LogP contribution >= 0.6 is 34.2 Å². The van der Waals surface area contributed by atoms with Crippen molar-refractivity contribution in [3.63, 3.8) is 0 Å². The van der Waals surface area contributed by atoms with Gasteiger partial charge in [-0.05, 0) is 71.0 Å². The molecule has 10 heteroatoms. The van der Waals surface area contributed by atoms with Crippen LogP contribution in [0, 0.1) is 9.49 Å². The number of rotatable bonds is 8. The maximum atomic E-state index is 13.1. The number of nitrogens with zero attached hydrogens (tertiary/aromatic N) is 1. The van der Waals surface area contributed by atoms with Crippen molar-refractivity contribution < 1.29 is 19.7 Å². The number of aromatic hydroxyl groups is 1. The van der Waals surface area contributed by atoms with Crippen molar-refractivity contribution in [3.05, 3.63) is 61.5 Å². The molecule has 32 heavy (non-hydrogen) atoms. The molecule has 8 nitrogen and oxygen atoms in total. The Morgan fingerprint density at radius 1 is 1.25 bits per heavy atom. The van der Waals surface area contributed by atoms with Gasteiger partial charge in [-0.2, -0.15) is 0 Å². The fourth-order valence-corrected chi connectivity index (χ4v) is 4.20. The van der Waals surface area contributed by atoms with E-state index < -0.39 is 17.6 Å². The van der Waals surface area contributed by atoms with Crippen LogP contribution in [0.1, 0.15) is 19.9 Å². The minimum atomic E-state index is -0.977. The smallest absolute Gasteiger partial charge is 0.329 e. The average molecular weight is 572 g/mol. The number of imidazole rings is 1. The molecule has 0 unspecified atom stereocenters. The predicted octanol–water partition coefficient (Wildman–Crippen LogP) is 4.01. The summed E-state index contributed by atoms with van der Waals surface area (Å²) in [7, 11) is 0. The number of H-pyrrole nitrogens is 1. The number of anilines is 1. The Hall–Kier alpha value is -2.50. The highest BCUT2D eigenvalue weighted by atomic mass is 127. The molecule has 0 saturated carbocycles. The van der Waals surface area contributed by atoms with Crippen molar-refractivity contribution in [1.29, 1.82) is 0 Å². The van der Waals surface area contributed by atoms with Gasteiger partial charge >= 0.3 is 5.69 Å². The number of halogens is 2. The molecule has 170 valence electrons. The average Bonchev–Trinajstić information content (AvgIpc) is 3.03. The van der Waals surface area contributed by atoms with Crippen LogP contribution in [0.2, 0.25) is 5.02 Å². The summed E-state index contributed by atoms with van der Waals surface area (Å²) in [6, 6.07) is 10.9. The fourth-order valence-electron chi connectivity index (χ4n) is 3.30. The minimum Gasteiger partial charge on any atom is -0.493 e. The van der Waals surface area contributed by atoms with Gasteiger partial charge in [0.2, 0.25) is 11.8 Å². The number of aromatic nitrogens is 2. The van der Waals surface area contributed by atoms with Crippen molar-refractivity contribution >= 4 is 45.8 Å². The van der Waals surface area contributed by atoms with E-state index in [0.29, 0.717) is 22.0 Å². The topological polar surface area (TPSA) is 117 Å². The van der Waals surface area contributed by atoms with E-state index in [1.54, 1.807) is 56.3 Å². The van der Waals surface area contributed by atoms with E-state index in [9.17, 15) is 14.7 Å². The molecule has 3 rings (SSSR count). The van der Waals surface area contributed by atoms with Crippen molar-refractivity contribution in [2.45, 2.75) is 19.9 Å². The molecule has 0 fully saturated rings. The van der Waals surface area contributed by atoms with Gasteiger partial charge in [-0.25, -0.2) is 9.36 Å². The monoisotopic (exact) mass is 571 g/mol. The van der Waals surface area contributed by atoms with E-state index in [4.69, 9.17) is 21.4 Å². The Morgan fingerprint density at radius 3 is 2.53 bits per heavy atom. The first-order valence-corrected chi connectivity index (χ1v) is 11.3. The Balaban J connectivity index is 1.93. The van der Waals surface area contributed by atoms with E-state index in [-0.39, 0.29) is 30.7 Å². The number of aliphatic hydroxyl groups is 1. The molecule has 1 heterocycles. The quantitative estimate of drug-likeness (QED) is 0.305. The number of aromatic amines is 1. The summed E-state index contributed by atoms with van der Waals surface area (Å²) in [5.41, 5.74) is 0.540. The summed E-state index contributed by atoms with van der Waals surface area (Å²) < 4.78 is 7.29. The number of benzene rings is 2. The second-order valence-corrected chi connectivity index (χ2v) is 9.05. The number of ether oxygens (including phenoxy) is 1. The van der Waals surface area contributed by atoms with Gasteiger partial charge in [-0.15, -0.1) is 0 Å². The standard InChI is InChI=1S/C22H23ClIN3O5/c1-12(2)19(20(29)25-17-8-5-14(24)11-16(17)23)27-21(30)18(26-22(27)31)13-3-6-15(7-4-13)32-10-9-28/h3-8,11-12,19,28,30H,9-10H2,1-2H3,(H,25,29)(H,26,31)/t19-/m0/s1. The molecule has 1 aromatic heterocycles. The normalized spacial score (nSPS) is 12.1. The number of amides is 1. The molecule has 0 radical (unpaired) electrons. The summed E-state index contributed by atoms with van der Waals surface area (Å²) >= 11 is 8.34. The highest BCUT2D eigenvalue weighted by Gasteiger charge is 2.30. The first-order valence-electron chi connectivity index (χ1n) is 9.86. The molecule has 0 aliphatic rings. The van der Waals surface area contributed by atoms with Gasteiger partial charge in [-0.1, -0.05) is 25.4 Å². The number of hydrogen-bond acceptors (Lipinski definition) is 5. The summed E-state index contributed by atoms with van der Waals surface area (Å²) in [4.78, 5) is 28.5. The van der Waals surface area contributed by atoms with Gasteiger partial charge in [0, 0.05) is 9.13 Å². The van der Waals surface area contributed by atoms with Crippen LogP contribution in [0.25, 0.3) is 11.3 Å². The van der Waals surface area contributed by atoms with Crippen LogP contribution in [0.15, 0.2) is 47.3 Å². The van der Waals surface area contributed by atoms with E-state index in [1.165, 1.54) is 0 Å². The lowest BCUT2D eigenvalue weighted by molar-refractivity contribution is -0.120. The largest absolute Gasteiger partial charge is 0.493 e. The Morgan fingerprint density at radius 2 is 1.94 bits per heavy atom. The van der Waals surface area contributed by atoms with Gasteiger partial charge in [0.1, 0.15) is 24.1 Å². The van der Waals surface area contributed by atoms with Gasteiger partial charge in [0.05, 0.1) is 17.3 Å². The third-order valence-corrected chi connectivity index (χ3v) is 5.76. The van der Waals surface area contributed by atoms with E-state index >= 15 is 0 Å². The number of nitrogens with one attached hydrogen (secondary N) is 2. The van der Waals surface area contributed by atoms with Gasteiger partial charge < -0.3 is 25.3 Å². The lowest BCUT2D eigenvalue weighted by atomic mass is 10.0. The number of carbonyl (C=O) groups excluding carboxylic acids is 1. The Kier molecular flexibility index (Phi) is 7.86. The molecule has 0 saturated heterocycles. The van der Waals surface area contributed by atoms with Crippen molar-refractivity contribution in [2.24, 2.45) is 5.92 Å². The molecule has 1 atom stereocenters. The second kappa shape index (κ2) is 10.4. The fraction of sp³-hybridized carbons (Fsp3) is 0.273. The summed E-state index contributed by atoms with van der Waals surface area (Å²) in [5, 5.41) is 22.8. The zero-order valence-electron chi connectivity index (χ0n) is 17.4. The Labute approximate surface area is 203 Å². The summed E-state index contributed by atoms with van der Waals surface area (Å²) in [6.07, 6.45) is 0. The second-order valence-electron chi connectivity index (χ2n) is 7.40. The predicted molar refractivity (Wildman–Crippen MR) is 131 cm³/mol. The van der Waals surface area contributed by atoms with Crippen molar-refractivity contribution in [2.75, 3.05) is 18.5 Å². The van der Waals surface area contributed by atoms with Gasteiger partial charge in [-0.3, -0.25) is 4.79 Å². The van der Waals surface area contributed by atoms with Crippen molar-refractivity contribution in [1.82, 2.24) is 9.55 Å². The highest BCUT2D eigenvalue weighted by molar-refractivity contribution is 14.1. The molecule has 2 aromatic carbocycles. The summed E-state index contributed by atoms with van der Waals surface area (Å²) in [5.74, 6) is -0.586. The maximum Gasteiger partial charge on any atom is 0.329 e. The van der Waals surface area contributed by atoms with Crippen LogP contribution in [-0.2, 0) is 4.79 Å². The molecule has 0 spiro atoms. The lowest BCUT2D eigenvalue weighted by Crippen LogP contribution is -2.35. The third-order valence-electron chi connectivity index (χ3n) is 4.77. The Bertz CT molecular complexity index is 1160. The maximum absolute atomic E-state index is 13.1. The molecule has 0 aliphatic heterocycles. The number of hydrogen-bond donors (Lipinski definition) is 4. The first kappa shape index (κ1) is 24.1. The lowest BCUT2D eigenvalue weighted by Gasteiger charge is -2.22. The van der Waals surface area contributed by atoms with Crippen LogP contribution in [0.4, 0.5) is 5.69 Å². The molecule has 3 aromatic rings.